The highest BCUT2D eigenvalue weighted by atomic mass is 16.7. The van der Waals surface area contributed by atoms with Crippen molar-refractivity contribution in [3.63, 3.8) is 0 Å². The average molecular weight is 969 g/mol. The molecule has 0 aromatic rings. The summed E-state index contributed by atoms with van der Waals surface area (Å²) in [6.07, 6.45) is 44.3. The molecule has 1 heterocycles. The first-order valence-corrected chi connectivity index (χ1v) is 26.6. The van der Waals surface area contributed by atoms with Gasteiger partial charge in [0.15, 0.2) is 24.6 Å². The number of aliphatic hydroxyl groups is 2. The Balaban J connectivity index is 2.76. The van der Waals surface area contributed by atoms with E-state index in [9.17, 15) is 34.5 Å². The molecule has 0 spiro atoms. The molecule has 392 valence electrons. The largest absolute Gasteiger partial charge is 0.479 e. The Hall–Kier alpha value is -4.10. The second-order valence-corrected chi connectivity index (χ2v) is 17.7. The van der Waals surface area contributed by atoms with E-state index in [-0.39, 0.29) is 25.9 Å². The summed E-state index contributed by atoms with van der Waals surface area (Å²) in [5.41, 5.74) is 0. The maximum Gasteiger partial charge on any atom is 0.335 e. The number of aliphatic carboxylic acids is 1. The number of esters is 3. The third kappa shape index (κ3) is 35.6. The summed E-state index contributed by atoms with van der Waals surface area (Å²) in [5.74, 6) is -3.21. The van der Waals surface area contributed by atoms with Crippen molar-refractivity contribution < 1.29 is 58.2 Å². The molecule has 0 aromatic heterocycles. The van der Waals surface area contributed by atoms with Crippen LogP contribution in [0.15, 0.2) is 85.1 Å². The van der Waals surface area contributed by atoms with Crippen LogP contribution in [0.5, 0.6) is 0 Å². The molecular weight excluding hydrogens is 877 g/mol. The molecule has 69 heavy (non-hydrogen) atoms. The molecule has 6 atom stereocenters. The first-order chi connectivity index (χ1) is 33.6. The topological polar surface area (TPSA) is 175 Å². The maximum absolute atomic E-state index is 13.0. The molecule has 12 heteroatoms. The van der Waals surface area contributed by atoms with Crippen LogP contribution in [0.2, 0.25) is 0 Å². The van der Waals surface area contributed by atoms with Gasteiger partial charge in [0.25, 0.3) is 0 Å². The second kappa shape index (κ2) is 45.1. The molecular formula is C57H92O12. The van der Waals surface area contributed by atoms with Crippen LogP contribution in [0.4, 0.5) is 0 Å². The number of carboxylic acid groups (broad SMARTS) is 1. The quantitative estimate of drug-likeness (QED) is 0.0229. The van der Waals surface area contributed by atoms with Gasteiger partial charge in [-0.3, -0.25) is 14.4 Å². The Bertz CT molecular complexity index is 1530. The van der Waals surface area contributed by atoms with E-state index in [4.69, 9.17) is 23.7 Å². The zero-order chi connectivity index (χ0) is 50.4. The fourth-order valence-electron chi connectivity index (χ4n) is 7.38. The molecule has 0 aliphatic carbocycles. The monoisotopic (exact) mass is 969 g/mol. The second-order valence-electron chi connectivity index (χ2n) is 17.7. The van der Waals surface area contributed by atoms with Gasteiger partial charge in [0.2, 0.25) is 0 Å². The van der Waals surface area contributed by atoms with E-state index < -0.39 is 67.3 Å². The van der Waals surface area contributed by atoms with E-state index in [1.165, 1.54) is 12.8 Å². The van der Waals surface area contributed by atoms with Gasteiger partial charge in [0.05, 0.1) is 6.61 Å². The Labute approximate surface area is 416 Å². The standard InChI is InChI=1S/C57H92O12/c1-4-7-10-13-16-19-22-24-25-27-30-33-36-39-42-45-51(60)68-55-53(62)52(61)54(56(63)64)69-57(55)66-47-48(67-50(59)44-41-38-35-32-28-21-18-15-12-9-6-3)46-65-49(58)43-40-37-34-31-29-26-23-20-17-14-11-8-5-2/h7-8,10-11,15-20,24-26,29,48,52-55,57,61-62H,4-6,9,12-14,21-23,27-28,30-47H2,1-3H3,(H,63,64)/b10-7-,11-8-,18-15-,19-16-,20-17-,25-24-,29-26-. The van der Waals surface area contributed by atoms with E-state index in [0.29, 0.717) is 19.3 Å². The van der Waals surface area contributed by atoms with Gasteiger partial charge in [0.1, 0.15) is 18.8 Å². The lowest BCUT2D eigenvalue weighted by Gasteiger charge is -2.40. The van der Waals surface area contributed by atoms with E-state index in [1.54, 1.807) is 0 Å². The zero-order valence-corrected chi connectivity index (χ0v) is 42.8. The van der Waals surface area contributed by atoms with Gasteiger partial charge in [-0.2, -0.15) is 0 Å². The molecule has 0 bridgehead atoms. The number of hydrogen-bond donors (Lipinski definition) is 3. The number of rotatable bonds is 43. The number of aliphatic hydroxyl groups excluding tert-OH is 2. The predicted octanol–water partition coefficient (Wildman–Crippen LogP) is 12.8. The minimum absolute atomic E-state index is 0.0338. The molecule has 0 amide bonds. The molecule has 0 saturated carbocycles. The van der Waals surface area contributed by atoms with E-state index in [2.05, 4.69) is 106 Å². The Morgan fingerprint density at radius 1 is 0.493 bits per heavy atom. The highest BCUT2D eigenvalue weighted by Crippen LogP contribution is 2.26. The number of carbonyl (C=O) groups excluding carboxylic acids is 3. The van der Waals surface area contributed by atoms with Crippen molar-refractivity contribution in [2.75, 3.05) is 13.2 Å². The molecule has 1 aliphatic rings. The SMILES string of the molecule is CC/C=C\C/C=C\C/C=C\CCCCCCCC(=O)OC1C(OCC(COC(=O)CCCCC/C=C\C/C=C\C/C=C\CC)OC(=O)CCCCCCC/C=C\CCCC)OC(C(=O)O)C(O)C1O. The van der Waals surface area contributed by atoms with E-state index >= 15 is 0 Å². The number of ether oxygens (including phenoxy) is 5. The Kier molecular flexibility index (Phi) is 41.1. The molecule has 1 aliphatic heterocycles. The Morgan fingerprint density at radius 2 is 0.913 bits per heavy atom. The number of allylic oxidation sites excluding steroid dienone is 14. The van der Waals surface area contributed by atoms with Crippen LogP contribution >= 0.6 is 0 Å². The molecule has 1 saturated heterocycles. The van der Waals surface area contributed by atoms with Gasteiger partial charge in [-0.1, -0.05) is 164 Å². The summed E-state index contributed by atoms with van der Waals surface area (Å²) in [7, 11) is 0. The van der Waals surface area contributed by atoms with E-state index in [1.807, 2.05) is 0 Å². The molecule has 6 unspecified atom stereocenters. The summed E-state index contributed by atoms with van der Waals surface area (Å²) in [6, 6.07) is 0. The molecule has 0 radical (unpaired) electrons. The van der Waals surface area contributed by atoms with Gasteiger partial charge < -0.3 is 39.0 Å². The average Bonchev–Trinajstić information content (AvgIpc) is 3.33. The smallest absolute Gasteiger partial charge is 0.335 e. The highest BCUT2D eigenvalue weighted by Gasteiger charge is 2.50. The number of unbranched alkanes of at least 4 members (excludes halogenated alkanes) is 15. The van der Waals surface area contributed by atoms with Crippen molar-refractivity contribution >= 4 is 23.9 Å². The van der Waals surface area contributed by atoms with E-state index in [0.717, 1.165) is 128 Å². The molecule has 0 aromatic carbocycles. The van der Waals surface area contributed by atoms with Gasteiger partial charge in [0, 0.05) is 19.3 Å². The summed E-state index contributed by atoms with van der Waals surface area (Å²) < 4.78 is 28.2. The summed E-state index contributed by atoms with van der Waals surface area (Å²) in [6.45, 7) is 5.65. The number of carboxylic acids is 1. The first kappa shape index (κ1) is 62.9. The van der Waals surface area contributed by atoms with Crippen molar-refractivity contribution in [3.8, 4) is 0 Å². The van der Waals surface area contributed by atoms with Crippen molar-refractivity contribution in [1.29, 1.82) is 0 Å². The lowest BCUT2D eigenvalue weighted by molar-refractivity contribution is -0.301. The van der Waals surface area contributed by atoms with Crippen LogP contribution in [0.25, 0.3) is 0 Å². The van der Waals surface area contributed by atoms with Crippen LogP contribution in [-0.2, 0) is 42.9 Å². The van der Waals surface area contributed by atoms with Gasteiger partial charge in [-0.15, -0.1) is 0 Å². The molecule has 1 fully saturated rings. The molecule has 3 N–H and O–H groups in total. The van der Waals surface area contributed by atoms with Crippen LogP contribution in [-0.4, -0.2) is 89.2 Å². The maximum atomic E-state index is 13.0. The lowest BCUT2D eigenvalue weighted by Crippen LogP contribution is -2.61. The van der Waals surface area contributed by atoms with Gasteiger partial charge >= 0.3 is 23.9 Å². The van der Waals surface area contributed by atoms with Crippen molar-refractivity contribution in [3.05, 3.63) is 85.1 Å². The van der Waals surface area contributed by atoms with Crippen molar-refractivity contribution in [1.82, 2.24) is 0 Å². The molecule has 12 nitrogen and oxygen atoms in total. The van der Waals surface area contributed by atoms with Crippen LogP contribution in [0.3, 0.4) is 0 Å². The van der Waals surface area contributed by atoms with Crippen LogP contribution in [0, 0.1) is 0 Å². The van der Waals surface area contributed by atoms with Gasteiger partial charge in [-0.05, 0) is 103 Å². The highest BCUT2D eigenvalue weighted by molar-refractivity contribution is 5.74. The third-order valence-electron chi connectivity index (χ3n) is 11.4. The molecule has 1 rings (SSSR count). The van der Waals surface area contributed by atoms with Crippen LogP contribution in [0.1, 0.15) is 201 Å². The lowest BCUT2D eigenvalue weighted by atomic mass is 9.98. The summed E-state index contributed by atoms with van der Waals surface area (Å²) in [4.78, 5) is 50.8. The Morgan fingerprint density at radius 3 is 1.42 bits per heavy atom. The fraction of sp³-hybridized carbons (Fsp3) is 0.684. The minimum atomic E-state index is -1.92. The number of hydrogen-bond acceptors (Lipinski definition) is 11. The number of carbonyl (C=O) groups is 4. The third-order valence-corrected chi connectivity index (χ3v) is 11.4. The fourth-order valence-corrected chi connectivity index (χ4v) is 7.38. The van der Waals surface area contributed by atoms with Crippen LogP contribution < -0.4 is 0 Å². The minimum Gasteiger partial charge on any atom is -0.479 e. The van der Waals surface area contributed by atoms with Crippen molar-refractivity contribution in [2.45, 2.75) is 237 Å². The summed E-state index contributed by atoms with van der Waals surface area (Å²) in [5, 5.41) is 31.3. The normalized spacial score (nSPS) is 19.3. The first-order valence-electron chi connectivity index (χ1n) is 26.6. The van der Waals surface area contributed by atoms with Crippen molar-refractivity contribution in [2.24, 2.45) is 0 Å². The predicted molar refractivity (Wildman–Crippen MR) is 275 cm³/mol. The summed E-state index contributed by atoms with van der Waals surface area (Å²) >= 11 is 0. The zero-order valence-electron chi connectivity index (χ0n) is 42.8. The van der Waals surface area contributed by atoms with Gasteiger partial charge in [-0.25, -0.2) is 4.79 Å².